The molecule has 0 unspecified atom stereocenters. The highest BCUT2D eigenvalue weighted by Crippen LogP contribution is 2.22. The number of nitrogen functional groups attached to an aromatic ring is 1. The van der Waals surface area contributed by atoms with Gasteiger partial charge in [0.1, 0.15) is 11.6 Å². The number of benzene rings is 2. The second-order valence-electron chi connectivity index (χ2n) is 8.12. The van der Waals surface area contributed by atoms with Crippen molar-refractivity contribution in [3.05, 3.63) is 85.5 Å². The molecule has 3 N–H and O–H groups in total. The van der Waals surface area contributed by atoms with E-state index < -0.39 is 23.3 Å². The molecule has 0 saturated carbocycles. The van der Waals surface area contributed by atoms with Gasteiger partial charge in [-0.25, -0.2) is 4.79 Å². The third-order valence-electron chi connectivity index (χ3n) is 4.96. The van der Waals surface area contributed by atoms with Gasteiger partial charge in [0.05, 0.1) is 6.54 Å². The number of amides is 1. The minimum Gasteiger partial charge on any atom is -0.481 e. The number of ether oxygens (including phenoxy) is 1. The summed E-state index contributed by atoms with van der Waals surface area (Å²) in [6, 6.07) is 16.3. The Hall–Kier alpha value is -3.33. The maximum atomic E-state index is 13.4. The monoisotopic (exact) mass is 514 g/mol. The molecule has 0 aliphatic rings. The van der Waals surface area contributed by atoms with E-state index in [9.17, 15) is 14.4 Å². The molecule has 0 radical (unpaired) electrons. The smallest absolute Gasteiger partial charge is 0.330 e. The Bertz CT molecular complexity index is 1220. The number of hydrogen-bond acceptors (Lipinski definition) is 5. The zero-order valence-corrected chi connectivity index (χ0v) is 20.3. The Balaban J connectivity index is 1.99. The van der Waals surface area contributed by atoms with E-state index in [2.05, 4.69) is 20.9 Å². The molecule has 0 bridgehead atoms. The van der Waals surface area contributed by atoms with Crippen LogP contribution in [0.25, 0.3) is 0 Å². The van der Waals surface area contributed by atoms with Crippen LogP contribution in [-0.2, 0) is 11.3 Å². The summed E-state index contributed by atoms with van der Waals surface area (Å²) >= 11 is 3.36. The molecule has 0 saturated heterocycles. The van der Waals surface area contributed by atoms with Gasteiger partial charge < -0.3 is 15.4 Å². The number of anilines is 2. The van der Waals surface area contributed by atoms with Gasteiger partial charge in [-0.05, 0) is 42.7 Å². The summed E-state index contributed by atoms with van der Waals surface area (Å²) in [6.45, 7) is 5.84. The van der Waals surface area contributed by atoms with Crippen LogP contribution >= 0.6 is 15.9 Å². The van der Waals surface area contributed by atoms with E-state index in [-0.39, 0.29) is 30.5 Å². The number of nitrogens with zero attached hydrogens (tertiary/aromatic N) is 2. The summed E-state index contributed by atoms with van der Waals surface area (Å²) in [5.41, 5.74) is 5.74. The van der Waals surface area contributed by atoms with Gasteiger partial charge in [-0.3, -0.25) is 19.1 Å². The van der Waals surface area contributed by atoms with Crippen molar-refractivity contribution >= 4 is 33.3 Å². The summed E-state index contributed by atoms with van der Waals surface area (Å²) in [5, 5.41) is 0. The highest BCUT2D eigenvalue weighted by atomic mass is 79.9. The van der Waals surface area contributed by atoms with Crippen LogP contribution < -0.4 is 26.6 Å². The lowest BCUT2D eigenvalue weighted by Gasteiger charge is -2.28. The molecule has 1 amide bonds. The van der Waals surface area contributed by atoms with Crippen molar-refractivity contribution in [1.29, 1.82) is 0 Å². The van der Waals surface area contributed by atoms with E-state index in [1.807, 2.05) is 44.2 Å². The molecule has 9 heteroatoms. The maximum Gasteiger partial charge on any atom is 0.330 e. The van der Waals surface area contributed by atoms with Gasteiger partial charge in [0.25, 0.3) is 11.5 Å². The number of carbonyl (C=O) groups excluding carboxylic acids is 1. The van der Waals surface area contributed by atoms with E-state index in [0.29, 0.717) is 5.75 Å². The number of halogens is 1. The lowest BCUT2D eigenvalue weighted by Crippen LogP contribution is -2.47. The Morgan fingerprint density at radius 2 is 1.73 bits per heavy atom. The van der Waals surface area contributed by atoms with E-state index >= 15 is 0 Å². The Kier molecular flexibility index (Phi) is 7.75. The molecule has 8 nitrogen and oxygen atoms in total. The summed E-state index contributed by atoms with van der Waals surface area (Å²) in [5.74, 6) is 0.0350. The normalized spacial score (nSPS) is 11.9. The van der Waals surface area contributed by atoms with Crippen LogP contribution in [0.5, 0.6) is 5.75 Å². The Morgan fingerprint density at radius 1 is 1.09 bits per heavy atom. The van der Waals surface area contributed by atoms with Crippen LogP contribution in [0.3, 0.4) is 0 Å². The first-order chi connectivity index (χ1) is 15.7. The summed E-state index contributed by atoms with van der Waals surface area (Å²) in [7, 11) is 0. The van der Waals surface area contributed by atoms with E-state index in [1.54, 1.807) is 31.2 Å². The summed E-state index contributed by atoms with van der Waals surface area (Å²) in [4.78, 5) is 42.4. The molecular weight excluding hydrogens is 488 g/mol. The second-order valence-corrected chi connectivity index (χ2v) is 9.04. The van der Waals surface area contributed by atoms with E-state index in [4.69, 9.17) is 10.5 Å². The SMILES string of the molecule is CC(C)CN(C(=O)[C@H](C)Oc1ccc(Br)cc1)c1c(N)n(Cc2ccccc2)c(=O)[nH]c1=O. The average molecular weight is 515 g/mol. The first kappa shape index (κ1) is 24.3. The number of aromatic amines is 1. The number of nitrogens with two attached hydrogens (primary N) is 1. The Morgan fingerprint density at radius 3 is 2.33 bits per heavy atom. The van der Waals surface area contributed by atoms with Gasteiger partial charge in [-0.1, -0.05) is 60.1 Å². The number of rotatable bonds is 8. The zero-order chi connectivity index (χ0) is 24.1. The first-order valence-corrected chi connectivity index (χ1v) is 11.4. The van der Waals surface area contributed by atoms with Gasteiger partial charge in [0, 0.05) is 11.0 Å². The molecule has 1 aromatic heterocycles. The molecule has 2 aromatic carbocycles. The molecule has 0 aliphatic carbocycles. The van der Waals surface area contributed by atoms with E-state index in [0.717, 1.165) is 10.0 Å². The molecular formula is C24H27BrN4O4. The van der Waals surface area contributed by atoms with Crippen LogP contribution in [0.2, 0.25) is 0 Å². The highest BCUT2D eigenvalue weighted by Gasteiger charge is 2.29. The fourth-order valence-corrected chi connectivity index (χ4v) is 3.67. The number of nitrogens with one attached hydrogen (secondary N) is 1. The molecule has 0 aliphatic heterocycles. The maximum absolute atomic E-state index is 13.4. The van der Waals surface area contributed by atoms with Gasteiger partial charge in [0.15, 0.2) is 11.8 Å². The molecule has 174 valence electrons. The van der Waals surface area contributed by atoms with Crippen molar-refractivity contribution in [2.24, 2.45) is 5.92 Å². The molecule has 3 aromatic rings. The van der Waals surface area contributed by atoms with Crippen LogP contribution in [0.15, 0.2) is 68.7 Å². The predicted octanol–water partition coefficient (Wildman–Crippen LogP) is 3.39. The number of carbonyl (C=O) groups is 1. The molecule has 33 heavy (non-hydrogen) atoms. The fraction of sp³-hybridized carbons (Fsp3) is 0.292. The first-order valence-electron chi connectivity index (χ1n) is 10.6. The van der Waals surface area contributed by atoms with Gasteiger partial charge in [0.2, 0.25) is 0 Å². The van der Waals surface area contributed by atoms with E-state index in [1.165, 1.54) is 9.47 Å². The van der Waals surface area contributed by atoms with Gasteiger partial charge in [-0.2, -0.15) is 0 Å². The van der Waals surface area contributed by atoms with Crippen molar-refractivity contribution in [3.63, 3.8) is 0 Å². The third kappa shape index (κ3) is 5.92. The summed E-state index contributed by atoms with van der Waals surface area (Å²) < 4.78 is 7.95. The number of hydrogen-bond donors (Lipinski definition) is 2. The molecule has 1 heterocycles. The van der Waals surface area contributed by atoms with Crippen molar-refractivity contribution < 1.29 is 9.53 Å². The fourth-order valence-electron chi connectivity index (χ4n) is 3.40. The van der Waals surface area contributed by atoms with Gasteiger partial charge in [-0.15, -0.1) is 0 Å². The van der Waals surface area contributed by atoms with Gasteiger partial charge >= 0.3 is 5.69 Å². The quantitative estimate of drug-likeness (QED) is 0.478. The minimum absolute atomic E-state index is 0.0298. The average Bonchev–Trinajstić information content (AvgIpc) is 2.77. The van der Waals surface area contributed by atoms with Crippen molar-refractivity contribution in [2.45, 2.75) is 33.4 Å². The third-order valence-corrected chi connectivity index (χ3v) is 5.48. The molecule has 1 atom stereocenters. The molecule has 0 fully saturated rings. The highest BCUT2D eigenvalue weighted by molar-refractivity contribution is 9.10. The van der Waals surface area contributed by atoms with Crippen LogP contribution in [-0.4, -0.2) is 28.1 Å². The van der Waals surface area contributed by atoms with Crippen LogP contribution in [0.4, 0.5) is 11.5 Å². The minimum atomic E-state index is -0.891. The van der Waals surface area contributed by atoms with Crippen molar-refractivity contribution in [1.82, 2.24) is 9.55 Å². The lowest BCUT2D eigenvalue weighted by molar-refractivity contribution is -0.124. The van der Waals surface area contributed by atoms with Crippen LogP contribution in [0.1, 0.15) is 26.3 Å². The standard InChI is InChI=1S/C24H27BrN4O4/c1-15(2)13-28(23(31)16(3)33-19-11-9-18(25)10-12-19)20-21(26)29(24(32)27-22(20)30)14-17-7-5-4-6-8-17/h4-12,15-16H,13-14,26H2,1-3H3,(H,27,30,32)/t16-/m0/s1. The largest absolute Gasteiger partial charge is 0.481 e. The molecule has 0 spiro atoms. The summed E-state index contributed by atoms with van der Waals surface area (Å²) in [6.07, 6.45) is -0.891. The van der Waals surface area contributed by atoms with Crippen molar-refractivity contribution in [2.75, 3.05) is 17.2 Å². The van der Waals surface area contributed by atoms with Crippen molar-refractivity contribution in [3.8, 4) is 5.75 Å². The number of H-pyrrole nitrogens is 1. The molecule has 3 rings (SSSR count). The number of aromatic nitrogens is 2. The zero-order valence-electron chi connectivity index (χ0n) is 18.7. The van der Waals surface area contributed by atoms with Crippen LogP contribution in [0, 0.1) is 5.92 Å². The second kappa shape index (κ2) is 10.5. The predicted molar refractivity (Wildman–Crippen MR) is 133 cm³/mol. The lowest BCUT2D eigenvalue weighted by atomic mass is 10.1. The topological polar surface area (TPSA) is 110 Å². The Labute approximate surface area is 200 Å².